The molecule has 3 nitrogen and oxygen atoms in total. The van der Waals surface area contributed by atoms with Crippen molar-refractivity contribution in [1.82, 2.24) is 0 Å². The zero-order chi connectivity index (χ0) is 14.2. The summed E-state index contributed by atoms with van der Waals surface area (Å²) in [6.45, 7) is 2.06. The Bertz CT molecular complexity index is 486. The van der Waals surface area contributed by atoms with E-state index in [1.165, 1.54) is 0 Å². The smallest absolute Gasteiger partial charge is 0.0940 e. The number of benzene rings is 1. The summed E-state index contributed by atoms with van der Waals surface area (Å²) in [7, 11) is 0. The molecule has 0 saturated carbocycles. The second-order valence-electron chi connectivity index (χ2n) is 5.71. The van der Waals surface area contributed by atoms with Crippen LogP contribution in [0.1, 0.15) is 30.9 Å². The Morgan fingerprint density at radius 1 is 1.25 bits per heavy atom. The van der Waals surface area contributed by atoms with Crippen molar-refractivity contribution in [2.75, 3.05) is 19.8 Å². The van der Waals surface area contributed by atoms with Crippen molar-refractivity contribution < 1.29 is 14.6 Å². The van der Waals surface area contributed by atoms with E-state index < -0.39 is 6.10 Å². The average Bonchev–Trinajstić information content (AvgIpc) is 2.89. The predicted octanol–water partition coefficient (Wildman–Crippen LogP) is 3.61. The molecular formula is C15H18Cl2O3. The molecule has 1 aromatic carbocycles. The van der Waals surface area contributed by atoms with E-state index in [1.807, 2.05) is 6.07 Å². The number of rotatable bonds is 2. The second kappa shape index (κ2) is 5.82. The lowest BCUT2D eigenvalue weighted by molar-refractivity contribution is -0.117. The minimum absolute atomic E-state index is 0.169. The summed E-state index contributed by atoms with van der Waals surface area (Å²) in [6.07, 6.45) is 2.06. The zero-order valence-corrected chi connectivity index (χ0v) is 12.7. The molecule has 1 N–H and O–H groups in total. The maximum Gasteiger partial charge on any atom is 0.0940 e. The maximum atomic E-state index is 10.6. The molecule has 2 saturated heterocycles. The Labute approximate surface area is 128 Å². The van der Waals surface area contributed by atoms with Crippen molar-refractivity contribution >= 4 is 23.2 Å². The molecule has 0 aromatic heterocycles. The van der Waals surface area contributed by atoms with Crippen LogP contribution in [0.15, 0.2) is 18.2 Å². The summed E-state index contributed by atoms with van der Waals surface area (Å²) < 4.78 is 11.4. The first-order chi connectivity index (χ1) is 9.60. The van der Waals surface area contributed by atoms with Crippen molar-refractivity contribution in [3.05, 3.63) is 33.8 Å². The van der Waals surface area contributed by atoms with Crippen molar-refractivity contribution in [1.29, 1.82) is 0 Å². The number of ether oxygens (including phenoxy) is 2. The van der Waals surface area contributed by atoms with Crippen molar-refractivity contribution in [2.45, 2.75) is 31.0 Å². The molecule has 0 radical (unpaired) electrons. The van der Waals surface area contributed by atoms with E-state index in [1.54, 1.807) is 12.1 Å². The first-order valence-corrected chi connectivity index (χ1v) is 7.70. The molecule has 1 aromatic rings. The minimum atomic E-state index is -0.536. The van der Waals surface area contributed by atoms with Gasteiger partial charge < -0.3 is 14.6 Å². The van der Waals surface area contributed by atoms with Gasteiger partial charge in [0, 0.05) is 19.6 Å². The second-order valence-corrected chi connectivity index (χ2v) is 6.52. The lowest BCUT2D eigenvalue weighted by atomic mass is 9.80. The van der Waals surface area contributed by atoms with E-state index in [-0.39, 0.29) is 11.5 Å². The third-order valence-electron chi connectivity index (χ3n) is 4.33. The maximum absolute atomic E-state index is 10.6. The van der Waals surface area contributed by atoms with Gasteiger partial charge in [-0.2, -0.15) is 0 Å². The van der Waals surface area contributed by atoms with Gasteiger partial charge in [0.05, 0.1) is 28.4 Å². The van der Waals surface area contributed by atoms with Gasteiger partial charge in [-0.3, -0.25) is 0 Å². The van der Waals surface area contributed by atoms with Crippen LogP contribution < -0.4 is 0 Å². The Balaban J connectivity index is 1.75. The third kappa shape index (κ3) is 2.83. The lowest BCUT2D eigenvalue weighted by Gasteiger charge is -2.39. The SMILES string of the molecule is OC(c1ccc(Cl)c(Cl)c1)C1CCOC2(CCOC2)C1. The molecule has 3 atom stereocenters. The van der Waals surface area contributed by atoms with Gasteiger partial charge in [0.15, 0.2) is 0 Å². The Morgan fingerprint density at radius 2 is 2.10 bits per heavy atom. The van der Waals surface area contributed by atoms with Gasteiger partial charge in [-0.1, -0.05) is 29.3 Å². The highest BCUT2D eigenvalue weighted by molar-refractivity contribution is 6.42. The number of hydrogen-bond donors (Lipinski definition) is 1. The largest absolute Gasteiger partial charge is 0.388 e. The first-order valence-electron chi connectivity index (χ1n) is 6.94. The highest BCUT2D eigenvalue weighted by Crippen LogP contribution is 2.41. The van der Waals surface area contributed by atoms with Gasteiger partial charge in [0.25, 0.3) is 0 Å². The van der Waals surface area contributed by atoms with Crippen LogP contribution in [0.4, 0.5) is 0 Å². The number of halogens is 2. The topological polar surface area (TPSA) is 38.7 Å². The van der Waals surface area contributed by atoms with Crippen LogP contribution in [-0.4, -0.2) is 30.5 Å². The van der Waals surface area contributed by atoms with Crippen LogP contribution in [-0.2, 0) is 9.47 Å². The van der Waals surface area contributed by atoms with Gasteiger partial charge in [0.1, 0.15) is 0 Å². The van der Waals surface area contributed by atoms with Crippen LogP contribution >= 0.6 is 23.2 Å². The molecule has 2 fully saturated rings. The minimum Gasteiger partial charge on any atom is -0.388 e. The van der Waals surface area contributed by atoms with Crippen LogP contribution in [0.25, 0.3) is 0 Å². The van der Waals surface area contributed by atoms with Crippen LogP contribution in [0.2, 0.25) is 10.0 Å². The summed E-state index contributed by atoms with van der Waals surface area (Å²) in [5, 5.41) is 11.6. The molecule has 110 valence electrons. The molecule has 2 heterocycles. The Kier molecular flexibility index (Phi) is 4.25. The van der Waals surface area contributed by atoms with E-state index in [9.17, 15) is 5.11 Å². The first kappa shape index (κ1) is 14.6. The molecule has 2 aliphatic heterocycles. The number of aliphatic hydroxyl groups excluding tert-OH is 1. The molecule has 5 heteroatoms. The van der Waals surface area contributed by atoms with Gasteiger partial charge >= 0.3 is 0 Å². The van der Waals surface area contributed by atoms with Crippen molar-refractivity contribution in [3.63, 3.8) is 0 Å². The summed E-state index contributed by atoms with van der Waals surface area (Å²) in [6, 6.07) is 5.32. The highest BCUT2D eigenvalue weighted by atomic mass is 35.5. The fraction of sp³-hybridized carbons (Fsp3) is 0.600. The quantitative estimate of drug-likeness (QED) is 0.905. The highest BCUT2D eigenvalue weighted by Gasteiger charge is 2.43. The summed E-state index contributed by atoms with van der Waals surface area (Å²) >= 11 is 11.9. The summed E-state index contributed by atoms with van der Waals surface area (Å²) in [4.78, 5) is 0. The molecule has 1 spiro atoms. The molecule has 0 amide bonds. The van der Waals surface area contributed by atoms with E-state index in [2.05, 4.69) is 0 Å². The van der Waals surface area contributed by atoms with E-state index in [4.69, 9.17) is 32.7 Å². The zero-order valence-electron chi connectivity index (χ0n) is 11.1. The number of hydrogen-bond acceptors (Lipinski definition) is 3. The van der Waals surface area contributed by atoms with Gasteiger partial charge in [-0.05, 0) is 36.5 Å². The molecule has 0 bridgehead atoms. The monoisotopic (exact) mass is 316 g/mol. The fourth-order valence-corrected chi connectivity index (χ4v) is 3.47. The average molecular weight is 317 g/mol. The van der Waals surface area contributed by atoms with E-state index in [0.717, 1.165) is 31.4 Å². The van der Waals surface area contributed by atoms with Gasteiger partial charge in [-0.25, -0.2) is 0 Å². The predicted molar refractivity (Wildman–Crippen MR) is 78.3 cm³/mol. The van der Waals surface area contributed by atoms with Gasteiger partial charge in [-0.15, -0.1) is 0 Å². The van der Waals surface area contributed by atoms with Crippen molar-refractivity contribution in [3.8, 4) is 0 Å². The normalized spacial score (nSPS) is 31.6. The molecule has 3 unspecified atom stereocenters. The molecular weight excluding hydrogens is 299 g/mol. The molecule has 3 rings (SSSR count). The van der Waals surface area contributed by atoms with Crippen LogP contribution in [0.3, 0.4) is 0 Å². The Morgan fingerprint density at radius 3 is 2.80 bits per heavy atom. The van der Waals surface area contributed by atoms with Crippen LogP contribution in [0, 0.1) is 5.92 Å². The summed E-state index contributed by atoms with van der Waals surface area (Å²) in [5.41, 5.74) is 0.625. The van der Waals surface area contributed by atoms with Gasteiger partial charge in [0.2, 0.25) is 0 Å². The summed E-state index contributed by atoms with van der Waals surface area (Å²) in [5.74, 6) is 0.169. The fourth-order valence-electron chi connectivity index (χ4n) is 3.17. The number of aliphatic hydroxyl groups is 1. The van der Waals surface area contributed by atoms with Crippen LogP contribution in [0.5, 0.6) is 0 Å². The van der Waals surface area contributed by atoms with E-state index in [0.29, 0.717) is 23.3 Å². The Hall–Kier alpha value is -0.320. The van der Waals surface area contributed by atoms with Crippen molar-refractivity contribution in [2.24, 2.45) is 5.92 Å². The molecule has 0 aliphatic carbocycles. The van der Waals surface area contributed by atoms with E-state index >= 15 is 0 Å². The molecule has 2 aliphatic rings. The third-order valence-corrected chi connectivity index (χ3v) is 5.07. The lowest BCUT2D eigenvalue weighted by Crippen LogP contribution is -2.41. The molecule has 20 heavy (non-hydrogen) atoms. The standard InChI is InChI=1S/C15H18Cl2O3/c16-12-2-1-10(7-13(12)17)14(18)11-3-5-20-15(8-11)4-6-19-9-15/h1-2,7,11,14,18H,3-6,8-9H2.